The second kappa shape index (κ2) is 13.9. The smallest absolute Gasteiger partial charge is 0.169 e. The lowest BCUT2D eigenvalue weighted by Crippen LogP contribution is -2.11. The van der Waals surface area contributed by atoms with Crippen LogP contribution in [0.3, 0.4) is 0 Å². The molecule has 0 spiro atoms. The summed E-state index contributed by atoms with van der Waals surface area (Å²) in [5, 5.41) is 5.65. The average Bonchev–Trinajstić information content (AvgIpc) is 3.19. The van der Waals surface area contributed by atoms with Crippen LogP contribution in [0, 0.1) is 27.7 Å². The summed E-state index contributed by atoms with van der Waals surface area (Å²) < 4.78 is 25.3. The summed E-state index contributed by atoms with van der Waals surface area (Å²) in [5.41, 5.74) is 10.8. The van der Waals surface area contributed by atoms with Crippen LogP contribution in [-0.2, 0) is 0 Å². The van der Waals surface area contributed by atoms with Crippen molar-refractivity contribution in [3.63, 3.8) is 0 Å². The van der Waals surface area contributed by atoms with Gasteiger partial charge in [0.2, 0.25) is 0 Å². The van der Waals surface area contributed by atoms with Crippen LogP contribution in [0.4, 0.5) is 34.1 Å². The van der Waals surface area contributed by atoms with Crippen molar-refractivity contribution in [2.75, 3.05) is 38.2 Å². The molecule has 270 valence electrons. The maximum atomic E-state index is 6.33. The van der Waals surface area contributed by atoms with Gasteiger partial charge < -0.3 is 28.7 Å². The van der Waals surface area contributed by atoms with E-state index in [4.69, 9.17) is 18.9 Å². The normalized spacial score (nSPS) is 11.3. The van der Waals surface area contributed by atoms with E-state index in [1.165, 1.54) is 22.3 Å². The quantitative estimate of drug-likeness (QED) is 0.132. The van der Waals surface area contributed by atoms with E-state index in [2.05, 4.69) is 159 Å². The van der Waals surface area contributed by atoms with Crippen LogP contribution in [0.15, 0.2) is 121 Å². The molecule has 0 aromatic heterocycles. The summed E-state index contributed by atoms with van der Waals surface area (Å²) in [6.07, 6.45) is 0. The number of nitrogens with zero attached hydrogens (tertiary/aromatic N) is 2. The molecule has 0 aliphatic heterocycles. The number of benzene rings is 8. The number of anilines is 6. The summed E-state index contributed by atoms with van der Waals surface area (Å²) in [5.74, 6) is 2.58. The average molecular weight is 713 g/mol. The predicted molar refractivity (Wildman–Crippen MR) is 225 cm³/mol. The number of ether oxygens (including phenoxy) is 4. The van der Waals surface area contributed by atoms with Gasteiger partial charge in [-0.15, -0.1) is 0 Å². The molecule has 0 heterocycles. The van der Waals surface area contributed by atoms with Crippen molar-refractivity contribution < 1.29 is 18.9 Å². The molecule has 0 N–H and O–H groups in total. The summed E-state index contributed by atoms with van der Waals surface area (Å²) in [6, 6.07) is 43.2. The number of methoxy groups -OCH3 is 4. The predicted octanol–water partition coefficient (Wildman–Crippen LogP) is 12.8. The van der Waals surface area contributed by atoms with Crippen molar-refractivity contribution in [3.05, 3.63) is 144 Å². The van der Waals surface area contributed by atoms with Gasteiger partial charge in [0.1, 0.15) is 0 Å². The molecule has 54 heavy (non-hydrogen) atoms. The molecule has 0 saturated heterocycles. The standard InChI is InChI=1S/C48H44N2O4/c1-29-9-17-33(18-10-29)49(34-19-11-30(2)12-20-34)37-25-39-43-40(26-37)46(52-6)48(54-8)42-28-38(27-41(44(42)43)47(53-7)45(39)51-5)50(35-21-13-31(3)14-22-35)36-23-15-32(4)16-24-36/h9-28H,1-8H3. The van der Waals surface area contributed by atoms with Gasteiger partial charge in [-0.1, -0.05) is 70.8 Å². The molecule has 0 bridgehead atoms. The highest BCUT2D eigenvalue weighted by atomic mass is 16.5. The maximum Gasteiger partial charge on any atom is 0.169 e. The molecule has 0 radical (unpaired) electrons. The van der Waals surface area contributed by atoms with Crippen molar-refractivity contribution in [2.24, 2.45) is 0 Å². The van der Waals surface area contributed by atoms with Gasteiger partial charge in [0.05, 0.1) is 28.4 Å². The molecule has 6 nitrogen and oxygen atoms in total. The first-order valence-corrected chi connectivity index (χ1v) is 18.1. The molecule has 0 saturated carbocycles. The van der Waals surface area contributed by atoms with Gasteiger partial charge in [-0.2, -0.15) is 0 Å². The second-order valence-corrected chi connectivity index (χ2v) is 14.0. The molecule has 8 aromatic rings. The SMILES string of the molecule is COc1c(OC)c2cc(N(c3ccc(C)cc3)c3ccc(C)cc3)cc3c(OC)c(OC)c4cc(N(c5ccc(C)cc5)c5ccc(C)cc5)cc1c4c23. The van der Waals surface area contributed by atoms with Gasteiger partial charge in [0.25, 0.3) is 0 Å². The zero-order chi connectivity index (χ0) is 37.7. The number of hydrogen-bond donors (Lipinski definition) is 0. The Hall–Kier alpha value is -6.40. The molecule has 0 aliphatic rings. The Kier molecular flexibility index (Phi) is 8.90. The Balaban J connectivity index is 1.49. The van der Waals surface area contributed by atoms with Gasteiger partial charge in [0, 0.05) is 66.4 Å². The fourth-order valence-corrected chi connectivity index (χ4v) is 7.74. The van der Waals surface area contributed by atoms with E-state index in [1.807, 2.05) is 0 Å². The topological polar surface area (TPSA) is 43.4 Å². The van der Waals surface area contributed by atoms with Crippen molar-refractivity contribution in [3.8, 4) is 23.0 Å². The van der Waals surface area contributed by atoms with Crippen LogP contribution in [0.5, 0.6) is 23.0 Å². The highest BCUT2D eigenvalue weighted by Crippen LogP contribution is 2.56. The third-order valence-electron chi connectivity index (χ3n) is 10.4. The number of rotatable bonds is 10. The van der Waals surface area contributed by atoms with Gasteiger partial charge in [-0.3, -0.25) is 0 Å². The largest absolute Gasteiger partial charge is 0.492 e. The first-order chi connectivity index (χ1) is 26.2. The lowest BCUT2D eigenvalue weighted by molar-refractivity contribution is 0.360. The van der Waals surface area contributed by atoms with E-state index in [9.17, 15) is 0 Å². The zero-order valence-electron chi connectivity index (χ0n) is 32.1. The molecule has 8 rings (SSSR count). The van der Waals surface area contributed by atoms with Crippen LogP contribution >= 0.6 is 0 Å². The van der Waals surface area contributed by atoms with Crippen molar-refractivity contribution in [1.29, 1.82) is 0 Å². The Morgan fingerprint density at radius 1 is 0.296 bits per heavy atom. The molecular weight excluding hydrogens is 669 g/mol. The van der Waals surface area contributed by atoms with Crippen molar-refractivity contribution in [2.45, 2.75) is 27.7 Å². The van der Waals surface area contributed by atoms with Crippen LogP contribution in [0.2, 0.25) is 0 Å². The Labute approximate surface area is 317 Å². The summed E-state index contributed by atoms with van der Waals surface area (Å²) in [7, 11) is 6.84. The third kappa shape index (κ3) is 5.75. The molecule has 0 fully saturated rings. The molecule has 0 amide bonds. The van der Waals surface area contributed by atoms with E-state index in [1.54, 1.807) is 28.4 Å². The monoisotopic (exact) mass is 712 g/mol. The molecule has 6 heteroatoms. The molecule has 0 atom stereocenters. The van der Waals surface area contributed by atoms with Gasteiger partial charge in [-0.25, -0.2) is 0 Å². The lowest BCUT2D eigenvalue weighted by atomic mass is 9.90. The first-order valence-electron chi connectivity index (χ1n) is 18.1. The van der Waals surface area contributed by atoms with Crippen LogP contribution in [0.1, 0.15) is 22.3 Å². The highest BCUT2D eigenvalue weighted by molar-refractivity contribution is 6.31. The maximum absolute atomic E-state index is 6.33. The van der Waals surface area contributed by atoms with Crippen molar-refractivity contribution >= 4 is 66.4 Å². The molecule has 8 aromatic carbocycles. The van der Waals surface area contributed by atoms with E-state index < -0.39 is 0 Å². The summed E-state index contributed by atoms with van der Waals surface area (Å²) >= 11 is 0. The highest BCUT2D eigenvalue weighted by Gasteiger charge is 2.29. The van der Waals surface area contributed by atoms with E-state index in [-0.39, 0.29) is 0 Å². The zero-order valence-corrected chi connectivity index (χ0v) is 32.1. The minimum Gasteiger partial charge on any atom is -0.492 e. The van der Waals surface area contributed by atoms with Crippen molar-refractivity contribution in [1.82, 2.24) is 0 Å². The van der Waals surface area contributed by atoms with E-state index in [0.29, 0.717) is 23.0 Å². The lowest BCUT2D eigenvalue weighted by Gasteiger charge is -2.30. The molecule has 0 unspecified atom stereocenters. The Morgan fingerprint density at radius 2 is 0.500 bits per heavy atom. The van der Waals surface area contributed by atoms with Gasteiger partial charge in [-0.05, 0) is 100 Å². The summed E-state index contributed by atoms with van der Waals surface area (Å²) in [6.45, 7) is 8.42. The van der Waals surface area contributed by atoms with Crippen LogP contribution in [0.25, 0.3) is 32.3 Å². The fraction of sp³-hybridized carbons (Fsp3) is 0.167. The fourth-order valence-electron chi connectivity index (χ4n) is 7.74. The number of aryl methyl sites for hydroxylation is 4. The van der Waals surface area contributed by atoms with Crippen LogP contribution in [-0.4, -0.2) is 28.4 Å². The molecule has 0 aliphatic carbocycles. The Bertz CT molecular complexity index is 2260. The first kappa shape index (κ1) is 34.7. The van der Waals surface area contributed by atoms with E-state index in [0.717, 1.165) is 66.4 Å². The third-order valence-corrected chi connectivity index (χ3v) is 10.4. The van der Waals surface area contributed by atoms with E-state index >= 15 is 0 Å². The summed E-state index contributed by atoms with van der Waals surface area (Å²) in [4.78, 5) is 4.54. The second-order valence-electron chi connectivity index (χ2n) is 14.0. The minimum atomic E-state index is 0.646. The number of hydrogen-bond acceptors (Lipinski definition) is 6. The van der Waals surface area contributed by atoms with Gasteiger partial charge in [0.15, 0.2) is 23.0 Å². The minimum absolute atomic E-state index is 0.646. The van der Waals surface area contributed by atoms with Gasteiger partial charge >= 0.3 is 0 Å². The van der Waals surface area contributed by atoms with Crippen LogP contribution < -0.4 is 28.7 Å². The molecular formula is C48H44N2O4. The Morgan fingerprint density at radius 3 is 0.685 bits per heavy atom.